The van der Waals surface area contributed by atoms with Crippen molar-refractivity contribution in [1.29, 1.82) is 0 Å². The van der Waals surface area contributed by atoms with E-state index in [1.165, 1.54) is 10.4 Å². The van der Waals surface area contributed by atoms with Crippen molar-refractivity contribution >= 4 is 17.2 Å². The number of amides is 1. The van der Waals surface area contributed by atoms with Gasteiger partial charge in [0.25, 0.3) is 5.91 Å². The summed E-state index contributed by atoms with van der Waals surface area (Å²) in [5.41, 5.74) is 2.99. The molecule has 4 rings (SSSR count). The van der Waals surface area contributed by atoms with E-state index in [9.17, 15) is 4.79 Å². The fraction of sp³-hybridized carbons (Fsp3) is 0.273. The Bertz CT molecular complexity index is 923. The first kappa shape index (κ1) is 17.7. The number of carbonyl (C=O) groups excluding carboxylic acids is 1. The molecule has 0 bridgehead atoms. The van der Waals surface area contributed by atoms with Gasteiger partial charge in [-0.05, 0) is 54.1 Å². The van der Waals surface area contributed by atoms with E-state index in [0.717, 1.165) is 24.9 Å². The average Bonchev–Trinajstić information content (AvgIpc) is 3.21. The van der Waals surface area contributed by atoms with Gasteiger partial charge in [0.1, 0.15) is 12.4 Å². The highest BCUT2D eigenvalue weighted by Gasteiger charge is 2.30. The van der Waals surface area contributed by atoms with Crippen LogP contribution in [0.1, 0.15) is 45.7 Å². The van der Waals surface area contributed by atoms with Crippen molar-refractivity contribution in [2.75, 3.05) is 6.54 Å². The Balaban J connectivity index is 1.50. The summed E-state index contributed by atoms with van der Waals surface area (Å²) in [6.45, 7) is 3.35. The van der Waals surface area contributed by atoms with Crippen LogP contribution in [0, 0.1) is 0 Å². The Morgan fingerprint density at radius 1 is 1.30 bits per heavy atom. The first-order valence-corrected chi connectivity index (χ1v) is 10.1. The number of benzene rings is 1. The van der Waals surface area contributed by atoms with Crippen LogP contribution in [-0.4, -0.2) is 22.3 Å². The minimum atomic E-state index is 0.0746. The van der Waals surface area contributed by atoms with Crippen LogP contribution in [-0.2, 0) is 13.0 Å². The molecule has 1 amide bonds. The third-order valence-corrected chi connectivity index (χ3v) is 5.95. The summed E-state index contributed by atoms with van der Waals surface area (Å²) in [5.74, 6) is 0.775. The molecule has 1 aromatic carbocycles. The van der Waals surface area contributed by atoms with Gasteiger partial charge in [-0.15, -0.1) is 11.3 Å². The van der Waals surface area contributed by atoms with Crippen LogP contribution in [0.15, 0.2) is 60.2 Å². The van der Waals surface area contributed by atoms with Crippen molar-refractivity contribution in [3.8, 4) is 5.75 Å². The number of hydrogen-bond donors (Lipinski definition) is 0. The average molecular weight is 378 g/mol. The van der Waals surface area contributed by atoms with Crippen LogP contribution in [0.4, 0.5) is 0 Å². The number of ether oxygens (including phenoxy) is 1. The molecular formula is C22H22N2O2S. The summed E-state index contributed by atoms with van der Waals surface area (Å²) in [6, 6.07) is 13.7. The highest BCUT2D eigenvalue weighted by molar-refractivity contribution is 7.10. The molecular weight excluding hydrogens is 356 g/mol. The number of fused-ring (bicyclic) bond motifs is 1. The number of pyridine rings is 1. The Hall–Kier alpha value is -2.66. The zero-order chi connectivity index (χ0) is 18.6. The van der Waals surface area contributed by atoms with Crippen LogP contribution in [0.5, 0.6) is 5.75 Å². The topological polar surface area (TPSA) is 42.4 Å². The van der Waals surface area contributed by atoms with E-state index in [0.29, 0.717) is 17.9 Å². The number of rotatable bonds is 5. The Labute approximate surface area is 163 Å². The fourth-order valence-electron chi connectivity index (χ4n) is 3.61. The molecule has 3 heterocycles. The standard InChI is InChI=1S/C22H22N2O2S/c1-2-20-19-9-12-27-21(19)8-11-24(20)22(25)17-6-3-7-18(13-17)26-15-16-5-4-10-23-14-16/h3-7,9-10,12-14,20H,2,8,11,15H2,1H3. The third kappa shape index (κ3) is 3.74. The molecule has 0 fully saturated rings. The van der Waals surface area contributed by atoms with Gasteiger partial charge in [0.05, 0.1) is 6.04 Å². The monoisotopic (exact) mass is 378 g/mol. The second kappa shape index (κ2) is 7.92. The SMILES string of the molecule is CCC1c2ccsc2CCN1C(=O)c1cccc(OCc2cccnc2)c1. The molecule has 0 N–H and O–H groups in total. The van der Waals surface area contributed by atoms with Crippen LogP contribution >= 0.6 is 11.3 Å². The van der Waals surface area contributed by atoms with Crippen molar-refractivity contribution in [1.82, 2.24) is 9.88 Å². The summed E-state index contributed by atoms with van der Waals surface area (Å²) >= 11 is 1.80. The molecule has 1 atom stereocenters. The normalized spacial score (nSPS) is 16.0. The smallest absolute Gasteiger partial charge is 0.254 e. The molecule has 4 nitrogen and oxygen atoms in total. The van der Waals surface area contributed by atoms with Crippen LogP contribution in [0.2, 0.25) is 0 Å². The Kier molecular flexibility index (Phi) is 5.21. The zero-order valence-electron chi connectivity index (χ0n) is 15.3. The minimum Gasteiger partial charge on any atom is -0.489 e. The molecule has 0 saturated heterocycles. The molecule has 138 valence electrons. The summed E-state index contributed by atoms with van der Waals surface area (Å²) < 4.78 is 5.86. The molecule has 1 aliphatic rings. The Morgan fingerprint density at radius 2 is 2.22 bits per heavy atom. The summed E-state index contributed by atoms with van der Waals surface area (Å²) in [4.78, 5) is 20.7. The lowest BCUT2D eigenvalue weighted by Gasteiger charge is -2.35. The maximum atomic E-state index is 13.2. The van der Waals surface area contributed by atoms with E-state index in [-0.39, 0.29) is 11.9 Å². The molecule has 0 aliphatic carbocycles. The number of aromatic nitrogens is 1. The van der Waals surface area contributed by atoms with Gasteiger partial charge >= 0.3 is 0 Å². The highest BCUT2D eigenvalue weighted by atomic mass is 32.1. The van der Waals surface area contributed by atoms with Crippen molar-refractivity contribution in [3.63, 3.8) is 0 Å². The van der Waals surface area contributed by atoms with Crippen molar-refractivity contribution in [2.45, 2.75) is 32.4 Å². The number of nitrogens with zero attached hydrogens (tertiary/aromatic N) is 2. The van der Waals surface area contributed by atoms with E-state index < -0.39 is 0 Å². The van der Waals surface area contributed by atoms with Gasteiger partial charge in [-0.3, -0.25) is 9.78 Å². The molecule has 3 aromatic rings. The lowest BCUT2D eigenvalue weighted by Crippen LogP contribution is -2.39. The lowest BCUT2D eigenvalue weighted by molar-refractivity contribution is 0.0657. The van der Waals surface area contributed by atoms with Crippen molar-refractivity contribution < 1.29 is 9.53 Å². The van der Waals surface area contributed by atoms with E-state index >= 15 is 0 Å². The van der Waals surface area contributed by atoms with Crippen molar-refractivity contribution in [3.05, 3.63) is 81.8 Å². The second-order valence-electron chi connectivity index (χ2n) is 6.65. The number of carbonyl (C=O) groups is 1. The molecule has 1 unspecified atom stereocenters. The molecule has 27 heavy (non-hydrogen) atoms. The predicted molar refractivity (Wildman–Crippen MR) is 107 cm³/mol. The first-order valence-electron chi connectivity index (χ1n) is 9.25. The Morgan fingerprint density at radius 3 is 3.04 bits per heavy atom. The van der Waals surface area contributed by atoms with Gasteiger partial charge < -0.3 is 9.64 Å². The third-order valence-electron chi connectivity index (χ3n) is 4.95. The molecule has 0 radical (unpaired) electrons. The van der Waals surface area contributed by atoms with Gasteiger partial charge in [-0.1, -0.05) is 19.1 Å². The summed E-state index contributed by atoms with van der Waals surface area (Å²) in [7, 11) is 0. The predicted octanol–water partition coefficient (Wildman–Crippen LogP) is 4.87. The zero-order valence-corrected chi connectivity index (χ0v) is 16.1. The molecule has 0 saturated carbocycles. The molecule has 1 aliphatic heterocycles. The summed E-state index contributed by atoms with van der Waals surface area (Å²) in [5, 5.41) is 2.13. The lowest BCUT2D eigenvalue weighted by atomic mass is 9.97. The van der Waals surface area contributed by atoms with Gasteiger partial charge in [-0.25, -0.2) is 0 Å². The fourth-order valence-corrected chi connectivity index (χ4v) is 4.54. The van der Waals surface area contributed by atoms with Gasteiger partial charge in [0.15, 0.2) is 0 Å². The molecule has 0 spiro atoms. The molecule has 2 aromatic heterocycles. The van der Waals surface area contributed by atoms with Crippen LogP contribution in [0.25, 0.3) is 0 Å². The van der Waals surface area contributed by atoms with Gasteiger partial charge in [0.2, 0.25) is 0 Å². The molecule has 5 heteroatoms. The van der Waals surface area contributed by atoms with E-state index in [1.807, 2.05) is 41.3 Å². The highest BCUT2D eigenvalue weighted by Crippen LogP contribution is 2.36. The van der Waals surface area contributed by atoms with E-state index in [2.05, 4.69) is 23.4 Å². The van der Waals surface area contributed by atoms with E-state index in [1.54, 1.807) is 23.7 Å². The van der Waals surface area contributed by atoms with Crippen molar-refractivity contribution in [2.24, 2.45) is 0 Å². The quantitative estimate of drug-likeness (QED) is 0.636. The maximum Gasteiger partial charge on any atom is 0.254 e. The first-order chi connectivity index (χ1) is 13.3. The number of thiophene rings is 1. The summed E-state index contributed by atoms with van der Waals surface area (Å²) in [6.07, 6.45) is 5.39. The van der Waals surface area contributed by atoms with Crippen LogP contribution in [0.3, 0.4) is 0 Å². The van der Waals surface area contributed by atoms with Gasteiger partial charge in [-0.2, -0.15) is 0 Å². The maximum absolute atomic E-state index is 13.2. The second-order valence-corrected chi connectivity index (χ2v) is 7.65. The van der Waals surface area contributed by atoms with E-state index in [4.69, 9.17) is 4.74 Å². The largest absolute Gasteiger partial charge is 0.489 e. The number of hydrogen-bond acceptors (Lipinski definition) is 4. The minimum absolute atomic E-state index is 0.0746. The van der Waals surface area contributed by atoms with Crippen LogP contribution < -0.4 is 4.74 Å². The van der Waals surface area contributed by atoms with Gasteiger partial charge in [0, 0.05) is 34.9 Å².